The molecule has 0 fully saturated rings. The van der Waals surface area contributed by atoms with Crippen LogP contribution in [0.3, 0.4) is 0 Å². The van der Waals surface area contributed by atoms with Gasteiger partial charge in [-0.25, -0.2) is 13.6 Å². The van der Waals surface area contributed by atoms with E-state index in [4.69, 9.17) is 10.2 Å². The molecule has 1 aliphatic heterocycles. The molecule has 0 bridgehead atoms. The highest BCUT2D eigenvalue weighted by Gasteiger charge is 2.28. The van der Waals surface area contributed by atoms with Gasteiger partial charge in [-0.3, -0.25) is 10.1 Å². The van der Waals surface area contributed by atoms with Crippen molar-refractivity contribution < 1.29 is 18.4 Å². The number of nitro groups is 1. The molecule has 9 nitrogen and oxygen atoms in total. The molecule has 0 saturated carbocycles. The van der Waals surface area contributed by atoms with Crippen LogP contribution in [0.25, 0.3) is 0 Å². The number of sulfonamides is 1. The lowest BCUT2D eigenvalue weighted by atomic mass is 10.1. The van der Waals surface area contributed by atoms with Crippen LogP contribution in [-0.4, -0.2) is 37.6 Å². The maximum Gasteiger partial charge on any atom is 0.295 e. The molecule has 1 unspecified atom stereocenters. The fourth-order valence-electron chi connectivity index (χ4n) is 1.80. The van der Waals surface area contributed by atoms with E-state index in [0.29, 0.717) is 6.54 Å². The Morgan fingerprint density at radius 1 is 1.53 bits per heavy atom. The summed E-state index contributed by atoms with van der Waals surface area (Å²) >= 11 is 0. The molecule has 10 heteroatoms. The van der Waals surface area contributed by atoms with Gasteiger partial charge in [0.25, 0.3) is 5.69 Å². The number of nitrogens with zero attached hydrogens (tertiary/aromatic N) is 1. The zero-order valence-electron chi connectivity index (χ0n) is 9.66. The number of hydrogen-bond donors (Lipinski definition) is 4. The fraction of sp³-hybridized carbons (Fsp3) is 0.333. The topological polar surface area (TPSA) is 148 Å². The average molecular weight is 288 g/mol. The lowest BCUT2D eigenvalue weighted by molar-refractivity contribution is -0.384. The molecule has 1 aromatic rings. The zero-order valence-corrected chi connectivity index (χ0v) is 10.5. The van der Waals surface area contributed by atoms with Crippen molar-refractivity contribution in [2.24, 2.45) is 5.14 Å². The lowest BCUT2D eigenvalue weighted by Crippen LogP contribution is -2.36. The maximum absolute atomic E-state index is 11.3. The predicted octanol–water partition coefficient (Wildman–Crippen LogP) is -0.560. The summed E-state index contributed by atoms with van der Waals surface area (Å²) in [4.78, 5) is 9.94. The molecule has 0 saturated heterocycles. The molecule has 5 N–H and O–H groups in total. The summed E-state index contributed by atoms with van der Waals surface area (Å²) in [6.07, 6.45) is 0. The van der Waals surface area contributed by atoms with Crippen molar-refractivity contribution >= 4 is 27.1 Å². The molecular formula is C9H12N4O5S. The second kappa shape index (κ2) is 4.64. The van der Waals surface area contributed by atoms with E-state index >= 15 is 0 Å². The molecule has 19 heavy (non-hydrogen) atoms. The Morgan fingerprint density at radius 2 is 2.21 bits per heavy atom. The highest BCUT2D eigenvalue weighted by atomic mass is 32.2. The molecule has 1 aromatic carbocycles. The van der Waals surface area contributed by atoms with Crippen molar-refractivity contribution in [3.63, 3.8) is 0 Å². The van der Waals surface area contributed by atoms with E-state index in [2.05, 4.69) is 10.6 Å². The first-order valence-corrected chi connectivity index (χ1v) is 6.84. The first-order chi connectivity index (χ1) is 8.82. The van der Waals surface area contributed by atoms with Crippen LogP contribution in [-0.2, 0) is 10.0 Å². The Kier molecular flexibility index (Phi) is 3.30. The van der Waals surface area contributed by atoms with E-state index in [9.17, 15) is 18.5 Å². The third kappa shape index (κ3) is 2.59. The minimum atomic E-state index is -4.03. The van der Waals surface area contributed by atoms with Crippen molar-refractivity contribution in [3.8, 4) is 0 Å². The van der Waals surface area contributed by atoms with Gasteiger partial charge in [-0.15, -0.1) is 0 Å². The summed E-state index contributed by atoms with van der Waals surface area (Å²) in [5.41, 5.74) is -0.00204. The molecule has 1 heterocycles. The minimum absolute atomic E-state index is 0.141. The van der Waals surface area contributed by atoms with E-state index < -0.39 is 20.6 Å². The molecule has 0 aromatic heterocycles. The first kappa shape index (κ1) is 13.5. The van der Waals surface area contributed by atoms with Gasteiger partial charge in [0, 0.05) is 12.6 Å². The summed E-state index contributed by atoms with van der Waals surface area (Å²) in [6.45, 7) is 0.106. The van der Waals surface area contributed by atoms with Crippen LogP contribution < -0.4 is 15.8 Å². The van der Waals surface area contributed by atoms with Gasteiger partial charge in [-0.2, -0.15) is 0 Å². The van der Waals surface area contributed by atoms with Gasteiger partial charge >= 0.3 is 0 Å². The lowest BCUT2D eigenvalue weighted by Gasteiger charge is -2.26. The van der Waals surface area contributed by atoms with Gasteiger partial charge in [0.1, 0.15) is 5.69 Å². The van der Waals surface area contributed by atoms with E-state index in [1.165, 1.54) is 6.07 Å². The number of nitrogens with one attached hydrogen (secondary N) is 2. The van der Waals surface area contributed by atoms with E-state index in [1.54, 1.807) is 0 Å². The number of nitrogens with two attached hydrogens (primary N) is 1. The summed E-state index contributed by atoms with van der Waals surface area (Å²) in [5.74, 6) is 0. The highest BCUT2D eigenvalue weighted by Crippen LogP contribution is 2.37. The number of aliphatic hydroxyl groups is 1. The Bertz CT molecular complexity index is 630. The van der Waals surface area contributed by atoms with Crippen LogP contribution in [0.15, 0.2) is 17.0 Å². The molecular weight excluding hydrogens is 276 g/mol. The van der Waals surface area contributed by atoms with Crippen LogP contribution in [0.1, 0.15) is 0 Å². The van der Waals surface area contributed by atoms with Gasteiger partial charge in [0.2, 0.25) is 10.0 Å². The number of anilines is 2. The summed E-state index contributed by atoms with van der Waals surface area (Å²) in [5, 5.41) is 30.6. The SMILES string of the molecule is NS(=O)(=O)c1cc2c(c([N+](=O)[O-])c1)NC(CO)CN2. The maximum atomic E-state index is 11.3. The van der Waals surface area contributed by atoms with E-state index in [0.717, 1.165) is 6.07 Å². The second-order valence-corrected chi connectivity index (χ2v) is 5.63. The normalized spacial score (nSPS) is 18.1. The highest BCUT2D eigenvalue weighted by molar-refractivity contribution is 7.89. The van der Waals surface area contributed by atoms with Crippen molar-refractivity contribution in [2.45, 2.75) is 10.9 Å². The third-order valence-corrected chi connectivity index (χ3v) is 3.62. The standard InChI is InChI=1S/C9H12N4O5S/c10-19(17,18)6-1-7-9(8(2-6)13(15)16)12-5(4-14)3-11-7/h1-2,5,11-12,14H,3-4H2,(H2,10,17,18). The largest absolute Gasteiger partial charge is 0.394 e. The summed E-state index contributed by atoms with van der Waals surface area (Å²) < 4.78 is 22.6. The van der Waals surface area contributed by atoms with E-state index in [1.807, 2.05) is 0 Å². The second-order valence-electron chi connectivity index (χ2n) is 4.07. The first-order valence-electron chi connectivity index (χ1n) is 5.29. The zero-order chi connectivity index (χ0) is 14.2. The molecule has 2 rings (SSSR count). The van der Waals surface area contributed by atoms with Gasteiger partial charge < -0.3 is 15.7 Å². The van der Waals surface area contributed by atoms with Crippen molar-refractivity contribution in [2.75, 3.05) is 23.8 Å². The van der Waals surface area contributed by atoms with Gasteiger partial charge in [0.15, 0.2) is 0 Å². The number of primary sulfonamides is 1. The molecule has 104 valence electrons. The number of hydrogen-bond acceptors (Lipinski definition) is 7. The number of aliphatic hydroxyl groups excluding tert-OH is 1. The van der Waals surface area contributed by atoms with Crippen LogP contribution >= 0.6 is 0 Å². The summed E-state index contributed by atoms with van der Waals surface area (Å²) in [7, 11) is -4.03. The number of fused-ring (bicyclic) bond motifs is 1. The molecule has 0 spiro atoms. The van der Waals surface area contributed by atoms with Gasteiger partial charge in [0.05, 0.1) is 28.2 Å². The van der Waals surface area contributed by atoms with Crippen molar-refractivity contribution in [3.05, 3.63) is 22.2 Å². The number of benzene rings is 1. The average Bonchev–Trinajstić information content (AvgIpc) is 2.35. The van der Waals surface area contributed by atoms with Gasteiger partial charge in [-0.1, -0.05) is 0 Å². The van der Waals surface area contributed by atoms with Crippen LogP contribution in [0.4, 0.5) is 17.1 Å². The Hall–Kier alpha value is -1.91. The smallest absolute Gasteiger partial charge is 0.295 e. The van der Waals surface area contributed by atoms with Crippen LogP contribution in [0.2, 0.25) is 0 Å². The number of rotatable bonds is 3. The van der Waals surface area contributed by atoms with Crippen molar-refractivity contribution in [1.29, 1.82) is 0 Å². The van der Waals surface area contributed by atoms with Crippen LogP contribution in [0, 0.1) is 10.1 Å². The van der Waals surface area contributed by atoms with Gasteiger partial charge in [-0.05, 0) is 6.07 Å². The Labute approximate surface area is 108 Å². The number of nitro benzene ring substituents is 1. The molecule has 0 radical (unpaired) electrons. The molecule has 0 amide bonds. The minimum Gasteiger partial charge on any atom is -0.394 e. The Balaban J connectivity index is 2.60. The third-order valence-electron chi connectivity index (χ3n) is 2.72. The van der Waals surface area contributed by atoms with E-state index in [-0.39, 0.29) is 28.9 Å². The fourth-order valence-corrected chi connectivity index (χ4v) is 2.36. The quantitative estimate of drug-likeness (QED) is 0.430. The molecule has 1 atom stereocenters. The predicted molar refractivity (Wildman–Crippen MR) is 67.5 cm³/mol. The molecule has 1 aliphatic rings. The van der Waals surface area contributed by atoms with Crippen molar-refractivity contribution in [1.82, 2.24) is 0 Å². The monoisotopic (exact) mass is 288 g/mol. The Morgan fingerprint density at radius 3 is 2.74 bits per heavy atom. The summed E-state index contributed by atoms with van der Waals surface area (Å²) in [6, 6.07) is 1.73. The molecule has 0 aliphatic carbocycles. The van der Waals surface area contributed by atoms with Crippen LogP contribution in [0.5, 0.6) is 0 Å².